The summed E-state index contributed by atoms with van der Waals surface area (Å²) >= 11 is 0. The Kier molecular flexibility index (Phi) is 3.92. The predicted molar refractivity (Wildman–Crippen MR) is 56.2 cm³/mol. The predicted octanol–water partition coefficient (Wildman–Crippen LogP) is 2.19. The molecule has 68 valence electrons. The number of hydrogen-bond acceptors (Lipinski definition) is 1. The lowest BCUT2D eigenvalue weighted by atomic mass is 10.1. The molecule has 0 aliphatic carbocycles. The van der Waals surface area contributed by atoms with Gasteiger partial charge in [0.2, 0.25) is 0 Å². The van der Waals surface area contributed by atoms with Gasteiger partial charge in [-0.15, -0.1) is 0 Å². The average molecular weight is 173 g/mol. The zero-order valence-electron chi connectivity index (χ0n) is 8.17. The minimum Gasteiger partial charge on any atom is -0.343 e. The van der Waals surface area contributed by atoms with Crippen LogP contribution in [-0.4, -0.2) is 6.04 Å². The molecule has 0 aliphatic heterocycles. The molecule has 0 aromatic heterocycles. The largest absolute Gasteiger partial charge is 0.343 e. The molecule has 1 unspecified atom stereocenters. The highest BCUT2D eigenvalue weighted by molar-refractivity contribution is 5.16. The van der Waals surface area contributed by atoms with Crippen molar-refractivity contribution < 1.29 is 0 Å². The first-order chi connectivity index (χ1) is 6.33. The normalized spacial score (nSPS) is 11.2. The molecule has 0 heterocycles. The molecule has 1 nitrogen and oxygen atoms in total. The third kappa shape index (κ3) is 3.66. The van der Waals surface area contributed by atoms with Crippen LogP contribution >= 0.6 is 0 Å². The Bertz CT molecular complexity index is 292. The Morgan fingerprint density at radius 1 is 1.31 bits per heavy atom. The molecule has 1 rings (SSSR count). The van der Waals surface area contributed by atoms with Gasteiger partial charge in [-0.3, -0.25) is 0 Å². The van der Waals surface area contributed by atoms with Gasteiger partial charge in [0.15, 0.2) is 0 Å². The lowest BCUT2D eigenvalue weighted by Gasteiger charge is -2.09. The van der Waals surface area contributed by atoms with E-state index in [1.807, 2.05) is 13.0 Å². The maximum absolute atomic E-state index is 3.12. The summed E-state index contributed by atoms with van der Waals surface area (Å²) in [5, 5.41) is 3.12. The van der Waals surface area contributed by atoms with Crippen LogP contribution in [0.5, 0.6) is 0 Å². The van der Waals surface area contributed by atoms with Gasteiger partial charge < -0.3 is 5.32 Å². The van der Waals surface area contributed by atoms with Crippen LogP contribution in [-0.2, 0) is 6.42 Å². The molecule has 0 radical (unpaired) electrons. The second kappa shape index (κ2) is 5.27. The molecule has 1 heteroatoms. The van der Waals surface area contributed by atoms with Gasteiger partial charge in [-0.05, 0) is 25.8 Å². The van der Waals surface area contributed by atoms with Crippen LogP contribution in [0.15, 0.2) is 30.3 Å². The molecular weight excluding hydrogens is 158 g/mol. The molecule has 1 N–H and O–H groups in total. The zero-order chi connectivity index (χ0) is 9.52. The summed E-state index contributed by atoms with van der Waals surface area (Å²) in [7, 11) is 0. The van der Waals surface area contributed by atoms with Gasteiger partial charge in [0.1, 0.15) is 0 Å². The molecule has 1 aromatic carbocycles. The van der Waals surface area contributed by atoms with Crippen LogP contribution in [0.2, 0.25) is 0 Å². The molecule has 0 saturated carbocycles. The highest BCUT2D eigenvalue weighted by Gasteiger charge is 1.99. The minimum atomic E-state index is 0.412. The summed E-state index contributed by atoms with van der Waals surface area (Å²) in [4.78, 5) is 0. The third-order valence-corrected chi connectivity index (χ3v) is 1.83. The Hall–Kier alpha value is -1.42. The molecule has 1 atom stereocenters. The number of rotatable bonds is 3. The van der Waals surface area contributed by atoms with Crippen molar-refractivity contribution in [1.82, 2.24) is 5.32 Å². The topological polar surface area (TPSA) is 12.0 Å². The van der Waals surface area contributed by atoms with E-state index in [0.717, 1.165) is 6.42 Å². The first-order valence-electron chi connectivity index (χ1n) is 4.54. The fourth-order valence-corrected chi connectivity index (χ4v) is 1.21. The van der Waals surface area contributed by atoms with E-state index >= 15 is 0 Å². The second-order valence-electron chi connectivity index (χ2n) is 3.11. The van der Waals surface area contributed by atoms with Gasteiger partial charge in [0, 0.05) is 12.1 Å². The van der Waals surface area contributed by atoms with Gasteiger partial charge in [-0.1, -0.05) is 36.3 Å². The molecule has 0 bridgehead atoms. The van der Waals surface area contributed by atoms with Gasteiger partial charge in [0.05, 0.1) is 0 Å². The summed E-state index contributed by atoms with van der Waals surface area (Å²) in [6, 6.07) is 13.7. The Balaban J connectivity index is 2.44. The van der Waals surface area contributed by atoms with E-state index in [9.17, 15) is 0 Å². The van der Waals surface area contributed by atoms with Crippen molar-refractivity contribution >= 4 is 0 Å². The summed E-state index contributed by atoms with van der Waals surface area (Å²) in [6.45, 7) is 3.97. The van der Waals surface area contributed by atoms with Crippen molar-refractivity contribution in [3.63, 3.8) is 0 Å². The van der Waals surface area contributed by atoms with Crippen molar-refractivity contribution in [2.45, 2.75) is 26.3 Å². The zero-order valence-corrected chi connectivity index (χ0v) is 8.17. The van der Waals surface area contributed by atoms with E-state index in [1.54, 1.807) is 0 Å². The standard InChI is InChI=1S/C12H15N/c1-3-9-13-11(2)10-12-7-5-4-6-8-12/h4-8,11,13H,10H2,1-2H3. The molecule has 1 aromatic rings. The van der Waals surface area contributed by atoms with Gasteiger partial charge >= 0.3 is 0 Å². The molecular formula is C12H15N. The molecule has 0 spiro atoms. The van der Waals surface area contributed by atoms with Crippen molar-refractivity contribution in [2.24, 2.45) is 0 Å². The highest BCUT2D eigenvalue weighted by Crippen LogP contribution is 2.01. The van der Waals surface area contributed by atoms with Crippen LogP contribution in [0, 0.1) is 12.0 Å². The van der Waals surface area contributed by atoms with Crippen LogP contribution in [0.3, 0.4) is 0 Å². The second-order valence-corrected chi connectivity index (χ2v) is 3.11. The summed E-state index contributed by atoms with van der Waals surface area (Å²) in [6.07, 6.45) is 1.02. The van der Waals surface area contributed by atoms with Gasteiger partial charge in [0.25, 0.3) is 0 Å². The molecule has 0 fully saturated rings. The van der Waals surface area contributed by atoms with Crippen LogP contribution in [0.4, 0.5) is 0 Å². The van der Waals surface area contributed by atoms with E-state index in [1.165, 1.54) is 5.56 Å². The average Bonchev–Trinajstić information content (AvgIpc) is 2.16. The Morgan fingerprint density at radius 3 is 2.62 bits per heavy atom. The first-order valence-corrected chi connectivity index (χ1v) is 4.54. The molecule has 0 aliphatic rings. The van der Waals surface area contributed by atoms with Crippen LogP contribution in [0.25, 0.3) is 0 Å². The molecule has 0 amide bonds. The van der Waals surface area contributed by atoms with E-state index in [0.29, 0.717) is 6.04 Å². The maximum atomic E-state index is 3.12. The number of benzene rings is 1. The van der Waals surface area contributed by atoms with Crippen LogP contribution < -0.4 is 5.32 Å². The van der Waals surface area contributed by atoms with E-state index in [4.69, 9.17) is 0 Å². The van der Waals surface area contributed by atoms with Crippen molar-refractivity contribution in [3.8, 4) is 12.0 Å². The smallest absolute Gasteiger partial charge is 0.0352 e. The van der Waals surface area contributed by atoms with Crippen molar-refractivity contribution in [2.75, 3.05) is 0 Å². The van der Waals surface area contributed by atoms with E-state index < -0.39 is 0 Å². The van der Waals surface area contributed by atoms with Gasteiger partial charge in [-0.25, -0.2) is 0 Å². The third-order valence-electron chi connectivity index (χ3n) is 1.83. The van der Waals surface area contributed by atoms with Crippen LogP contribution in [0.1, 0.15) is 19.4 Å². The fraction of sp³-hybridized carbons (Fsp3) is 0.333. The van der Waals surface area contributed by atoms with E-state index in [2.05, 4.69) is 48.5 Å². The monoisotopic (exact) mass is 173 g/mol. The summed E-state index contributed by atoms with van der Waals surface area (Å²) < 4.78 is 0. The summed E-state index contributed by atoms with van der Waals surface area (Å²) in [5.74, 6) is 2.82. The van der Waals surface area contributed by atoms with Crippen molar-refractivity contribution in [3.05, 3.63) is 35.9 Å². The Morgan fingerprint density at radius 2 is 2.00 bits per heavy atom. The van der Waals surface area contributed by atoms with Gasteiger partial charge in [-0.2, -0.15) is 0 Å². The van der Waals surface area contributed by atoms with E-state index in [-0.39, 0.29) is 0 Å². The van der Waals surface area contributed by atoms with Crippen molar-refractivity contribution in [1.29, 1.82) is 0 Å². The maximum Gasteiger partial charge on any atom is 0.0352 e. The minimum absolute atomic E-state index is 0.412. The fourth-order valence-electron chi connectivity index (χ4n) is 1.21. The summed E-state index contributed by atoms with van der Waals surface area (Å²) in [5.41, 5.74) is 1.35. The Labute approximate surface area is 80.2 Å². The SMILES string of the molecule is CC#CNC(C)Cc1ccccc1. The first kappa shape index (κ1) is 9.67. The highest BCUT2D eigenvalue weighted by atomic mass is 14.9. The molecule has 0 saturated heterocycles. The lowest BCUT2D eigenvalue weighted by molar-refractivity contribution is 0.650. The number of hydrogen-bond donors (Lipinski definition) is 1. The quantitative estimate of drug-likeness (QED) is 0.545. The number of nitrogens with one attached hydrogen (secondary N) is 1. The molecule has 13 heavy (non-hydrogen) atoms. The lowest BCUT2D eigenvalue weighted by Crippen LogP contribution is -2.23.